The maximum atomic E-state index is 12.8. The van der Waals surface area contributed by atoms with Crippen LogP contribution in [0.3, 0.4) is 0 Å². The molecule has 0 aliphatic heterocycles. The number of phenolic OH excluding ortho intramolecular Hbond substituents is 1. The number of phenols is 1. The second-order valence-corrected chi connectivity index (χ2v) is 8.28. The highest BCUT2D eigenvalue weighted by molar-refractivity contribution is 5.92. The van der Waals surface area contributed by atoms with Crippen LogP contribution in [-0.4, -0.2) is 69.7 Å². The van der Waals surface area contributed by atoms with Crippen molar-refractivity contribution in [1.29, 1.82) is 0 Å². The maximum Gasteiger partial charge on any atom is 0.326 e. The lowest BCUT2D eigenvalue weighted by atomic mass is 10.0. The van der Waals surface area contributed by atoms with Crippen molar-refractivity contribution in [2.24, 2.45) is 11.7 Å². The van der Waals surface area contributed by atoms with Crippen LogP contribution >= 0.6 is 0 Å². The first kappa shape index (κ1) is 28.4. The summed E-state index contributed by atoms with van der Waals surface area (Å²) in [6.45, 7) is 3.15. The lowest BCUT2D eigenvalue weighted by molar-refractivity contribution is -0.142. The predicted octanol–water partition coefficient (Wildman–Crippen LogP) is -0.657. The van der Waals surface area contributed by atoms with E-state index >= 15 is 0 Å². The van der Waals surface area contributed by atoms with Gasteiger partial charge in [-0.2, -0.15) is 0 Å². The van der Waals surface area contributed by atoms with Crippen LogP contribution in [0.4, 0.5) is 0 Å². The number of carboxylic acid groups (broad SMARTS) is 2. The minimum Gasteiger partial charge on any atom is -0.508 e. The molecule has 1 rings (SSSR count). The molecule has 0 saturated heterocycles. The zero-order valence-electron chi connectivity index (χ0n) is 19.1. The Bertz CT molecular complexity index is 872. The maximum absolute atomic E-state index is 12.8. The van der Waals surface area contributed by atoms with Gasteiger partial charge in [-0.15, -0.1) is 0 Å². The topological polar surface area (TPSA) is 208 Å². The van der Waals surface area contributed by atoms with Gasteiger partial charge in [0.2, 0.25) is 17.7 Å². The second-order valence-electron chi connectivity index (χ2n) is 8.28. The quantitative estimate of drug-likeness (QED) is 0.180. The minimum atomic E-state index is -1.27. The van der Waals surface area contributed by atoms with Gasteiger partial charge >= 0.3 is 11.9 Å². The van der Waals surface area contributed by atoms with Crippen molar-refractivity contribution in [3.63, 3.8) is 0 Å². The van der Waals surface area contributed by atoms with Crippen LogP contribution in [0.15, 0.2) is 24.3 Å². The van der Waals surface area contributed by atoms with E-state index in [1.54, 1.807) is 0 Å². The van der Waals surface area contributed by atoms with Gasteiger partial charge in [-0.05, 0) is 36.5 Å². The van der Waals surface area contributed by atoms with Crippen molar-refractivity contribution in [3.8, 4) is 5.75 Å². The average Bonchev–Trinajstić information content (AvgIpc) is 2.75. The first-order valence-corrected chi connectivity index (χ1v) is 10.7. The number of hydrogen-bond acceptors (Lipinski definition) is 7. The van der Waals surface area contributed by atoms with Gasteiger partial charge in [0.05, 0.1) is 12.6 Å². The summed E-state index contributed by atoms with van der Waals surface area (Å²) < 4.78 is 0. The van der Waals surface area contributed by atoms with Crippen LogP contribution in [-0.2, 0) is 30.4 Å². The summed E-state index contributed by atoms with van der Waals surface area (Å²) in [6, 6.07) is 2.46. The highest BCUT2D eigenvalue weighted by Crippen LogP contribution is 2.12. The molecule has 0 aromatic heterocycles. The normalized spacial score (nSPS) is 13.4. The van der Waals surface area contributed by atoms with Gasteiger partial charge in [-0.25, -0.2) is 4.79 Å². The van der Waals surface area contributed by atoms with Crippen molar-refractivity contribution >= 4 is 29.7 Å². The Morgan fingerprint density at radius 3 is 2.09 bits per heavy atom. The molecule has 0 spiro atoms. The third-order valence-electron chi connectivity index (χ3n) is 4.78. The molecular weight excluding hydrogens is 448 g/mol. The number of carbonyl (C=O) groups excluding carboxylic acids is 3. The Morgan fingerprint density at radius 1 is 0.941 bits per heavy atom. The van der Waals surface area contributed by atoms with E-state index in [0.29, 0.717) is 5.56 Å². The van der Waals surface area contributed by atoms with E-state index in [1.165, 1.54) is 24.3 Å². The highest BCUT2D eigenvalue weighted by atomic mass is 16.4. The Balaban J connectivity index is 2.73. The molecule has 0 saturated carbocycles. The number of hydrogen-bond donors (Lipinski definition) is 7. The summed E-state index contributed by atoms with van der Waals surface area (Å²) in [5.74, 6) is -4.46. The molecule has 0 aliphatic carbocycles. The molecule has 3 amide bonds. The van der Waals surface area contributed by atoms with Crippen LogP contribution in [0.1, 0.15) is 38.7 Å². The van der Waals surface area contributed by atoms with Gasteiger partial charge in [0.1, 0.15) is 17.8 Å². The third-order valence-corrected chi connectivity index (χ3v) is 4.78. The lowest BCUT2D eigenvalue weighted by Crippen LogP contribution is -2.54. The van der Waals surface area contributed by atoms with Crippen molar-refractivity contribution in [3.05, 3.63) is 29.8 Å². The number of nitrogens with one attached hydrogen (secondary N) is 3. The van der Waals surface area contributed by atoms with Crippen molar-refractivity contribution < 1.29 is 39.3 Å². The largest absolute Gasteiger partial charge is 0.508 e. The molecule has 12 nitrogen and oxygen atoms in total. The highest BCUT2D eigenvalue weighted by Gasteiger charge is 2.27. The van der Waals surface area contributed by atoms with E-state index < -0.39 is 54.3 Å². The Morgan fingerprint density at radius 2 is 1.56 bits per heavy atom. The minimum absolute atomic E-state index is 0.0181. The summed E-state index contributed by atoms with van der Waals surface area (Å²) in [5.41, 5.74) is 6.16. The lowest BCUT2D eigenvalue weighted by Gasteiger charge is -2.23. The van der Waals surface area contributed by atoms with Crippen molar-refractivity contribution in [2.75, 3.05) is 6.54 Å². The standard InChI is InChI=1S/C22H32N4O8/c1-12(2)9-16(25-18(28)11-24-20(31)15(23)7-8-19(29)30)21(32)26-17(22(33)34)10-13-3-5-14(27)6-4-13/h3-6,12,15-17,27H,7-11,23H2,1-2H3,(H,24,31)(H,25,28)(H,26,32)(H,29,30)(H,33,34). The zero-order valence-corrected chi connectivity index (χ0v) is 19.1. The molecule has 0 bridgehead atoms. The summed E-state index contributed by atoms with van der Waals surface area (Å²) >= 11 is 0. The Kier molecular flexibility index (Phi) is 11.5. The first-order chi connectivity index (χ1) is 15.9. The molecule has 3 atom stereocenters. The second kappa shape index (κ2) is 13.8. The van der Waals surface area contributed by atoms with Crippen LogP contribution in [0.25, 0.3) is 0 Å². The molecule has 3 unspecified atom stereocenters. The van der Waals surface area contributed by atoms with Crippen LogP contribution in [0.2, 0.25) is 0 Å². The third kappa shape index (κ3) is 10.8. The number of carbonyl (C=O) groups is 5. The fourth-order valence-corrected chi connectivity index (χ4v) is 3.00. The van der Waals surface area contributed by atoms with E-state index in [9.17, 15) is 34.2 Å². The van der Waals surface area contributed by atoms with Gasteiger partial charge < -0.3 is 37.0 Å². The van der Waals surface area contributed by atoms with Gasteiger partial charge in [0.15, 0.2) is 0 Å². The zero-order chi connectivity index (χ0) is 25.8. The smallest absolute Gasteiger partial charge is 0.326 e. The molecular formula is C22H32N4O8. The van der Waals surface area contributed by atoms with Gasteiger partial charge in [-0.3, -0.25) is 19.2 Å². The summed E-state index contributed by atoms with van der Waals surface area (Å²) in [5, 5.41) is 34.7. The monoisotopic (exact) mass is 480 g/mol. The molecule has 0 aliphatic rings. The number of nitrogens with two attached hydrogens (primary N) is 1. The van der Waals surface area contributed by atoms with E-state index in [0.717, 1.165) is 0 Å². The molecule has 34 heavy (non-hydrogen) atoms. The number of benzene rings is 1. The average molecular weight is 481 g/mol. The number of rotatable bonds is 14. The van der Waals surface area contributed by atoms with E-state index in [-0.39, 0.29) is 37.4 Å². The fourth-order valence-electron chi connectivity index (χ4n) is 3.00. The fraction of sp³-hybridized carbons (Fsp3) is 0.500. The Labute approximate surface area is 196 Å². The van der Waals surface area contributed by atoms with E-state index in [1.807, 2.05) is 13.8 Å². The van der Waals surface area contributed by atoms with Gasteiger partial charge in [0.25, 0.3) is 0 Å². The van der Waals surface area contributed by atoms with Crippen LogP contribution in [0.5, 0.6) is 5.75 Å². The molecule has 1 aromatic carbocycles. The number of carboxylic acids is 2. The SMILES string of the molecule is CC(C)CC(NC(=O)CNC(=O)C(N)CCC(=O)O)C(=O)NC(Cc1ccc(O)cc1)C(=O)O. The van der Waals surface area contributed by atoms with Gasteiger partial charge in [0, 0.05) is 12.8 Å². The number of aromatic hydroxyl groups is 1. The van der Waals surface area contributed by atoms with Gasteiger partial charge in [-0.1, -0.05) is 26.0 Å². The van der Waals surface area contributed by atoms with E-state index in [2.05, 4.69) is 16.0 Å². The first-order valence-electron chi connectivity index (χ1n) is 10.7. The Hall–Kier alpha value is -3.67. The van der Waals surface area contributed by atoms with E-state index in [4.69, 9.17) is 10.8 Å². The predicted molar refractivity (Wildman–Crippen MR) is 121 cm³/mol. The molecule has 0 fully saturated rings. The summed E-state index contributed by atoms with van der Waals surface area (Å²) in [7, 11) is 0. The molecule has 12 heteroatoms. The molecule has 1 aromatic rings. The number of aliphatic carboxylic acids is 2. The summed E-state index contributed by atoms with van der Waals surface area (Å²) in [6.07, 6.45) is -0.214. The molecule has 188 valence electrons. The van der Waals surface area contributed by atoms with Crippen molar-refractivity contribution in [2.45, 2.75) is 57.7 Å². The molecule has 0 radical (unpaired) electrons. The number of amides is 3. The van der Waals surface area contributed by atoms with Crippen LogP contribution < -0.4 is 21.7 Å². The van der Waals surface area contributed by atoms with Crippen molar-refractivity contribution in [1.82, 2.24) is 16.0 Å². The summed E-state index contributed by atoms with van der Waals surface area (Å²) in [4.78, 5) is 59.2. The molecule has 8 N–H and O–H groups in total. The van der Waals surface area contributed by atoms with Crippen LogP contribution in [0, 0.1) is 5.92 Å². The molecule has 0 heterocycles.